The highest BCUT2D eigenvalue weighted by Gasteiger charge is 2.16. The van der Waals surface area contributed by atoms with Crippen LogP contribution in [0.15, 0.2) is 18.2 Å². The molecule has 0 saturated heterocycles. The third-order valence-electron chi connectivity index (χ3n) is 1.66. The van der Waals surface area contributed by atoms with Gasteiger partial charge in [0.2, 0.25) is 0 Å². The van der Waals surface area contributed by atoms with Crippen LogP contribution in [0.1, 0.15) is 17.2 Å². The van der Waals surface area contributed by atoms with Gasteiger partial charge >= 0.3 is 5.97 Å². The molecule has 1 aromatic rings. The van der Waals surface area contributed by atoms with Crippen LogP contribution in [-0.2, 0) is 4.79 Å². The third-order valence-corrected chi connectivity index (χ3v) is 1.99. The lowest BCUT2D eigenvalue weighted by atomic mass is 10.1. The number of hydrogen-bond donors (Lipinski definition) is 2. The van der Waals surface area contributed by atoms with E-state index < -0.39 is 12.1 Å². The Balaban J connectivity index is 3.14. The normalized spacial score (nSPS) is 11.8. The number of carbonyl (C=O) groups is 1. The van der Waals surface area contributed by atoms with E-state index >= 15 is 0 Å². The molecule has 2 N–H and O–H groups in total. The van der Waals surface area contributed by atoms with Gasteiger partial charge in [-0.1, -0.05) is 17.7 Å². The summed E-state index contributed by atoms with van der Waals surface area (Å²) in [7, 11) is 0. The number of hydrogen-bond acceptors (Lipinski definition) is 3. The summed E-state index contributed by atoms with van der Waals surface area (Å²) in [4.78, 5) is 10.4. The molecule has 72 valence electrons. The van der Waals surface area contributed by atoms with Gasteiger partial charge in [-0.3, -0.25) is 0 Å². The molecule has 0 aliphatic heterocycles. The van der Waals surface area contributed by atoms with Crippen molar-refractivity contribution in [3.8, 4) is 6.07 Å². The van der Waals surface area contributed by atoms with Gasteiger partial charge in [0.05, 0.1) is 10.6 Å². The van der Waals surface area contributed by atoms with Gasteiger partial charge in [0, 0.05) is 0 Å². The van der Waals surface area contributed by atoms with Crippen molar-refractivity contribution in [1.82, 2.24) is 0 Å². The summed E-state index contributed by atoms with van der Waals surface area (Å²) in [5.41, 5.74) is 0.280. The minimum Gasteiger partial charge on any atom is -0.479 e. The largest absolute Gasteiger partial charge is 0.479 e. The van der Waals surface area contributed by atoms with Crippen LogP contribution >= 0.6 is 11.6 Å². The molecule has 0 amide bonds. The molecule has 14 heavy (non-hydrogen) atoms. The summed E-state index contributed by atoms with van der Waals surface area (Å²) >= 11 is 5.63. The van der Waals surface area contributed by atoms with Gasteiger partial charge in [-0.15, -0.1) is 0 Å². The van der Waals surface area contributed by atoms with E-state index in [2.05, 4.69) is 0 Å². The summed E-state index contributed by atoms with van der Waals surface area (Å²) in [6.45, 7) is 0. The molecule has 5 heteroatoms. The number of halogens is 1. The topological polar surface area (TPSA) is 81.3 Å². The van der Waals surface area contributed by atoms with E-state index in [0.29, 0.717) is 0 Å². The molecular weight excluding hydrogens is 206 g/mol. The smallest absolute Gasteiger partial charge is 0.337 e. The van der Waals surface area contributed by atoms with Crippen LogP contribution in [0.5, 0.6) is 0 Å². The predicted molar refractivity (Wildman–Crippen MR) is 48.8 cm³/mol. The van der Waals surface area contributed by atoms with Gasteiger partial charge in [0.1, 0.15) is 6.07 Å². The summed E-state index contributed by atoms with van der Waals surface area (Å²) in [6.07, 6.45) is -1.63. The summed E-state index contributed by atoms with van der Waals surface area (Å²) < 4.78 is 0. The molecule has 0 heterocycles. The van der Waals surface area contributed by atoms with E-state index in [-0.39, 0.29) is 16.1 Å². The minimum atomic E-state index is -1.63. The SMILES string of the molecule is N#Cc1cc(C(O)C(=O)O)ccc1Cl. The Hall–Kier alpha value is -1.57. The van der Waals surface area contributed by atoms with E-state index in [4.69, 9.17) is 27.1 Å². The molecule has 1 rings (SSSR count). The average molecular weight is 212 g/mol. The van der Waals surface area contributed by atoms with Crippen molar-refractivity contribution in [2.75, 3.05) is 0 Å². The van der Waals surface area contributed by atoms with Crippen LogP contribution in [0, 0.1) is 11.3 Å². The highest BCUT2D eigenvalue weighted by atomic mass is 35.5. The Morgan fingerprint density at radius 2 is 2.21 bits per heavy atom. The Kier molecular flexibility index (Phi) is 3.07. The van der Waals surface area contributed by atoms with E-state index in [0.717, 1.165) is 0 Å². The van der Waals surface area contributed by atoms with Gasteiger partial charge in [0.25, 0.3) is 0 Å². The molecule has 1 atom stereocenters. The maximum absolute atomic E-state index is 10.4. The molecule has 0 aliphatic rings. The second-order valence-corrected chi connectivity index (χ2v) is 3.00. The first-order chi connectivity index (χ1) is 6.56. The minimum absolute atomic E-state index is 0.137. The average Bonchev–Trinajstić information content (AvgIpc) is 2.17. The summed E-state index contributed by atoms with van der Waals surface area (Å²) in [6, 6.07) is 5.78. The fourth-order valence-corrected chi connectivity index (χ4v) is 1.10. The molecule has 0 spiro atoms. The molecular formula is C9H6ClNO3. The van der Waals surface area contributed by atoms with Crippen LogP contribution in [0.2, 0.25) is 5.02 Å². The molecule has 0 saturated carbocycles. The number of nitrogens with zero attached hydrogens (tertiary/aromatic N) is 1. The number of benzene rings is 1. The maximum atomic E-state index is 10.4. The molecule has 0 aliphatic carbocycles. The number of aliphatic hydroxyl groups excluding tert-OH is 1. The number of nitriles is 1. The zero-order valence-electron chi connectivity index (χ0n) is 6.94. The van der Waals surface area contributed by atoms with Gasteiger partial charge in [-0.05, 0) is 17.7 Å². The Morgan fingerprint density at radius 1 is 1.57 bits per heavy atom. The second-order valence-electron chi connectivity index (χ2n) is 2.59. The second kappa shape index (κ2) is 4.09. The van der Waals surface area contributed by atoms with E-state index in [1.807, 2.05) is 0 Å². The van der Waals surface area contributed by atoms with Crippen molar-refractivity contribution in [3.63, 3.8) is 0 Å². The molecule has 1 aromatic carbocycles. The van der Waals surface area contributed by atoms with Crippen LogP contribution in [0.3, 0.4) is 0 Å². The number of aliphatic hydroxyl groups is 1. The van der Waals surface area contributed by atoms with Crippen LogP contribution in [0.4, 0.5) is 0 Å². The van der Waals surface area contributed by atoms with Crippen molar-refractivity contribution in [3.05, 3.63) is 34.3 Å². The molecule has 4 nitrogen and oxygen atoms in total. The Bertz CT molecular complexity index is 411. The van der Waals surface area contributed by atoms with Crippen molar-refractivity contribution in [2.24, 2.45) is 0 Å². The highest BCUT2D eigenvalue weighted by molar-refractivity contribution is 6.31. The van der Waals surface area contributed by atoms with Crippen LogP contribution in [0.25, 0.3) is 0 Å². The van der Waals surface area contributed by atoms with E-state index in [1.54, 1.807) is 6.07 Å². The predicted octanol–water partition coefficient (Wildman–Crippen LogP) is 1.33. The van der Waals surface area contributed by atoms with Crippen molar-refractivity contribution in [1.29, 1.82) is 5.26 Å². The summed E-state index contributed by atoms with van der Waals surface area (Å²) in [5, 5.41) is 26.5. The van der Waals surface area contributed by atoms with Gasteiger partial charge < -0.3 is 10.2 Å². The first-order valence-corrected chi connectivity index (χ1v) is 4.04. The fraction of sp³-hybridized carbons (Fsp3) is 0.111. The standard InChI is InChI=1S/C9H6ClNO3/c10-7-2-1-5(3-6(7)4-11)8(12)9(13)14/h1-3,8,12H,(H,13,14). The zero-order chi connectivity index (χ0) is 10.7. The first-order valence-electron chi connectivity index (χ1n) is 3.66. The summed E-state index contributed by atoms with van der Waals surface area (Å²) in [5.74, 6) is -1.36. The van der Waals surface area contributed by atoms with Gasteiger partial charge in [-0.2, -0.15) is 5.26 Å². The van der Waals surface area contributed by atoms with Crippen molar-refractivity contribution < 1.29 is 15.0 Å². The molecule has 0 radical (unpaired) electrons. The quantitative estimate of drug-likeness (QED) is 0.773. The number of rotatable bonds is 2. The molecule has 1 unspecified atom stereocenters. The molecule has 0 aromatic heterocycles. The fourth-order valence-electron chi connectivity index (χ4n) is 0.941. The van der Waals surface area contributed by atoms with Crippen LogP contribution < -0.4 is 0 Å². The lowest BCUT2D eigenvalue weighted by molar-refractivity contribution is -0.146. The zero-order valence-corrected chi connectivity index (χ0v) is 7.69. The van der Waals surface area contributed by atoms with E-state index in [9.17, 15) is 4.79 Å². The number of aliphatic carboxylic acids is 1. The number of carboxylic acid groups (broad SMARTS) is 1. The van der Waals surface area contributed by atoms with Gasteiger partial charge in [0.15, 0.2) is 6.10 Å². The monoisotopic (exact) mass is 211 g/mol. The Morgan fingerprint density at radius 3 is 2.71 bits per heavy atom. The third kappa shape index (κ3) is 2.02. The maximum Gasteiger partial charge on any atom is 0.337 e. The number of carboxylic acids is 1. The first kappa shape index (κ1) is 10.5. The van der Waals surface area contributed by atoms with Crippen molar-refractivity contribution in [2.45, 2.75) is 6.10 Å². The molecule has 0 fully saturated rings. The Labute approximate surface area is 85.0 Å². The highest BCUT2D eigenvalue weighted by Crippen LogP contribution is 2.20. The van der Waals surface area contributed by atoms with Gasteiger partial charge in [-0.25, -0.2) is 4.79 Å². The lowest BCUT2D eigenvalue weighted by Crippen LogP contribution is -2.10. The molecule has 0 bridgehead atoms. The van der Waals surface area contributed by atoms with E-state index in [1.165, 1.54) is 18.2 Å². The lowest BCUT2D eigenvalue weighted by Gasteiger charge is -2.06. The van der Waals surface area contributed by atoms with Crippen LogP contribution in [-0.4, -0.2) is 16.2 Å². The van der Waals surface area contributed by atoms with Crippen molar-refractivity contribution >= 4 is 17.6 Å².